The Labute approximate surface area is 179 Å². The second kappa shape index (κ2) is 8.75. The number of fused-ring (bicyclic) bond motifs is 1. The number of nitrogens with zero attached hydrogens (tertiary/aromatic N) is 2. The summed E-state index contributed by atoms with van der Waals surface area (Å²) < 4.78 is 0. The number of aromatic hydroxyl groups is 1. The Morgan fingerprint density at radius 2 is 1.94 bits per heavy atom. The number of hydrogen-bond acceptors (Lipinski definition) is 6. The minimum Gasteiger partial charge on any atom is -0.508 e. The molecule has 31 heavy (non-hydrogen) atoms. The first kappa shape index (κ1) is 20.8. The van der Waals surface area contributed by atoms with Crippen molar-refractivity contribution in [1.82, 2.24) is 20.2 Å². The SMILES string of the molecule is NCC(=O)NC1CC(C(N)=O)N(Cc2nc3ccc(Cc4ccc(O)cc4)cc3[nH]2)C1. The fraction of sp³-hybridized carbons (Fsp3) is 0.318. The van der Waals surface area contributed by atoms with E-state index in [2.05, 4.69) is 21.4 Å². The molecule has 1 fully saturated rings. The van der Waals surface area contributed by atoms with Crippen molar-refractivity contribution in [3.63, 3.8) is 0 Å². The molecule has 1 aliphatic rings. The van der Waals surface area contributed by atoms with Crippen LogP contribution in [0.3, 0.4) is 0 Å². The van der Waals surface area contributed by atoms with Gasteiger partial charge in [-0.15, -0.1) is 0 Å². The summed E-state index contributed by atoms with van der Waals surface area (Å²) in [5, 5.41) is 12.3. The first-order valence-electron chi connectivity index (χ1n) is 10.2. The van der Waals surface area contributed by atoms with E-state index >= 15 is 0 Å². The lowest BCUT2D eigenvalue weighted by molar-refractivity contribution is -0.123. The molecular formula is C22H26N6O3. The number of rotatable bonds is 7. The van der Waals surface area contributed by atoms with Crippen LogP contribution in [0.25, 0.3) is 11.0 Å². The molecule has 0 spiro atoms. The van der Waals surface area contributed by atoms with E-state index in [0.717, 1.165) is 34.4 Å². The Balaban J connectivity index is 1.48. The molecule has 9 nitrogen and oxygen atoms in total. The van der Waals surface area contributed by atoms with Crippen molar-refractivity contribution in [2.75, 3.05) is 13.1 Å². The first-order chi connectivity index (χ1) is 14.9. The Morgan fingerprint density at radius 1 is 1.19 bits per heavy atom. The summed E-state index contributed by atoms with van der Waals surface area (Å²) in [5.74, 6) is 0.309. The summed E-state index contributed by atoms with van der Waals surface area (Å²) in [4.78, 5) is 33.4. The van der Waals surface area contributed by atoms with Gasteiger partial charge in [-0.1, -0.05) is 18.2 Å². The van der Waals surface area contributed by atoms with Crippen LogP contribution in [0.15, 0.2) is 42.5 Å². The molecule has 2 unspecified atom stereocenters. The third kappa shape index (κ3) is 4.84. The number of nitrogens with one attached hydrogen (secondary N) is 2. The number of nitrogens with two attached hydrogens (primary N) is 2. The van der Waals surface area contributed by atoms with Crippen molar-refractivity contribution in [2.45, 2.75) is 31.5 Å². The van der Waals surface area contributed by atoms with Crippen LogP contribution in [0.2, 0.25) is 0 Å². The number of phenolic OH excluding ortho intramolecular Hbond substituents is 1. The lowest BCUT2D eigenvalue weighted by atomic mass is 10.0. The van der Waals surface area contributed by atoms with E-state index in [1.165, 1.54) is 0 Å². The number of imidazole rings is 1. The van der Waals surface area contributed by atoms with Crippen LogP contribution in [-0.2, 0) is 22.6 Å². The topological polar surface area (TPSA) is 150 Å². The van der Waals surface area contributed by atoms with Gasteiger partial charge in [0.1, 0.15) is 11.6 Å². The molecule has 0 aliphatic carbocycles. The summed E-state index contributed by atoms with van der Waals surface area (Å²) in [5.41, 5.74) is 14.9. The smallest absolute Gasteiger partial charge is 0.234 e. The molecule has 9 heteroatoms. The molecule has 4 rings (SSSR count). The van der Waals surface area contributed by atoms with Crippen LogP contribution in [-0.4, -0.2) is 57.0 Å². The predicted molar refractivity (Wildman–Crippen MR) is 116 cm³/mol. The van der Waals surface area contributed by atoms with Gasteiger partial charge in [-0.3, -0.25) is 14.5 Å². The van der Waals surface area contributed by atoms with Gasteiger partial charge in [-0.25, -0.2) is 4.98 Å². The van der Waals surface area contributed by atoms with Crippen LogP contribution in [0, 0.1) is 0 Å². The molecule has 3 aromatic rings. The maximum atomic E-state index is 11.9. The molecule has 2 atom stereocenters. The number of primary amides is 1. The maximum absolute atomic E-state index is 11.9. The van der Waals surface area contributed by atoms with Gasteiger partial charge < -0.3 is 26.9 Å². The lowest BCUT2D eigenvalue weighted by Crippen LogP contribution is -2.40. The highest BCUT2D eigenvalue weighted by Crippen LogP contribution is 2.22. The van der Waals surface area contributed by atoms with Crippen molar-refractivity contribution in [2.24, 2.45) is 11.5 Å². The Hall–Kier alpha value is -3.43. The van der Waals surface area contributed by atoms with Gasteiger partial charge in [0.25, 0.3) is 0 Å². The van der Waals surface area contributed by atoms with Crippen molar-refractivity contribution >= 4 is 22.8 Å². The second-order valence-electron chi connectivity index (χ2n) is 7.93. The number of phenols is 1. The highest BCUT2D eigenvalue weighted by Gasteiger charge is 2.36. The van der Waals surface area contributed by atoms with Crippen LogP contribution < -0.4 is 16.8 Å². The Bertz CT molecular complexity index is 1090. The average molecular weight is 422 g/mol. The van der Waals surface area contributed by atoms with Gasteiger partial charge in [-0.05, 0) is 48.2 Å². The fourth-order valence-corrected chi connectivity index (χ4v) is 4.10. The zero-order valence-corrected chi connectivity index (χ0v) is 17.0. The van der Waals surface area contributed by atoms with E-state index in [1.807, 2.05) is 29.2 Å². The molecule has 2 heterocycles. The van der Waals surface area contributed by atoms with E-state index < -0.39 is 11.9 Å². The number of carbonyl (C=O) groups is 2. The van der Waals surface area contributed by atoms with Crippen LogP contribution >= 0.6 is 0 Å². The summed E-state index contributed by atoms with van der Waals surface area (Å²) in [6, 6.07) is 12.6. The summed E-state index contributed by atoms with van der Waals surface area (Å²) in [6.45, 7) is 0.834. The Morgan fingerprint density at radius 3 is 2.65 bits per heavy atom. The molecule has 0 saturated carbocycles. The van der Waals surface area contributed by atoms with Crippen molar-refractivity contribution < 1.29 is 14.7 Å². The number of aromatic nitrogens is 2. The molecule has 162 valence electrons. The zero-order chi connectivity index (χ0) is 22.0. The van der Waals surface area contributed by atoms with E-state index in [4.69, 9.17) is 11.5 Å². The van der Waals surface area contributed by atoms with Gasteiger partial charge in [0, 0.05) is 12.6 Å². The van der Waals surface area contributed by atoms with Crippen molar-refractivity contribution in [3.8, 4) is 5.75 Å². The summed E-state index contributed by atoms with van der Waals surface area (Å²) in [6.07, 6.45) is 1.20. The van der Waals surface area contributed by atoms with Crippen molar-refractivity contribution in [3.05, 3.63) is 59.4 Å². The molecule has 1 aliphatic heterocycles. The molecular weight excluding hydrogens is 396 g/mol. The highest BCUT2D eigenvalue weighted by molar-refractivity contribution is 5.81. The monoisotopic (exact) mass is 422 g/mol. The first-order valence-corrected chi connectivity index (χ1v) is 10.2. The molecule has 7 N–H and O–H groups in total. The van der Waals surface area contributed by atoms with E-state index in [-0.39, 0.29) is 24.2 Å². The molecule has 2 amide bonds. The summed E-state index contributed by atoms with van der Waals surface area (Å²) >= 11 is 0. The fourth-order valence-electron chi connectivity index (χ4n) is 4.10. The quantitative estimate of drug-likeness (QED) is 0.371. The van der Waals surface area contributed by atoms with Crippen LogP contribution in [0.5, 0.6) is 5.75 Å². The highest BCUT2D eigenvalue weighted by atomic mass is 16.3. The predicted octanol–water partition coefficient (Wildman–Crippen LogP) is 0.362. The molecule has 1 saturated heterocycles. The van der Waals surface area contributed by atoms with E-state index in [9.17, 15) is 14.7 Å². The number of hydrogen-bond donors (Lipinski definition) is 5. The second-order valence-corrected chi connectivity index (χ2v) is 7.93. The largest absolute Gasteiger partial charge is 0.508 e. The number of H-pyrrole nitrogens is 1. The Kier molecular flexibility index (Phi) is 5.88. The van der Waals surface area contributed by atoms with Gasteiger partial charge in [0.15, 0.2) is 0 Å². The standard InChI is InChI=1S/C22H26N6O3/c23-10-21(30)25-15-9-19(22(24)31)28(11-15)12-20-26-17-6-3-14(8-18(17)27-20)7-13-1-4-16(29)5-2-13/h1-6,8,15,19,29H,7,9-12,23H2,(H2,24,31)(H,25,30)(H,26,27). The molecule has 2 aromatic carbocycles. The number of amides is 2. The molecule has 0 radical (unpaired) electrons. The zero-order valence-electron chi connectivity index (χ0n) is 17.0. The van der Waals surface area contributed by atoms with Gasteiger partial charge >= 0.3 is 0 Å². The van der Waals surface area contributed by atoms with Gasteiger partial charge in [0.2, 0.25) is 11.8 Å². The number of carbonyl (C=O) groups excluding carboxylic acids is 2. The molecule has 1 aromatic heterocycles. The molecule has 0 bridgehead atoms. The van der Waals surface area contributed by atoms with Crippen LogP contribution in [0.1, 0.15) is 23.4 Å². The minimum absolute atomic E-state index is 0.0895. The average Bonchev–Trinajstić information content (AvgIpc) is 3.32. The number of benzene rings is 2. The van der Waals surface area contributed by atoms with Crippen LogP contribution in [0.4, 0.5) is 0 Å². The third-order valence-corrected chi connectivity index (χ3v) is 5.58. The van der Waals surface area contributed by atoms with E-state index in [0.29, 0.717) is 19.5 Å². The third-order valence-electron chi connectivity index (χ3n) is 5.58. The maximum Gasteiger partial charge on any atom is 0.234 e. The van der Waals surface area contributed by atoms with Gasteiger partial charge in [-0.2, -0.15) is 0 Å². The van der Waals surface area contributed by atoms with Crippen molar-refractivity contribution in [1.29, 1.82) is 0 Å². The number of aromatic amines is 1. The lowest BCUT2D eigenvalue weighted by Gasteiger charge is -2.20. The number of likely N-dealkylation sites (tertiary alicyclic amines) is 1. The van der Waals surface area contributed by atoms with Gasteiger partial charge in [0.05, 0.1) is 30.2 Å². The van der Waals surface area contributed by atoms with E-state index in [1.54, 1.807) is 12.1 Å². The summed E-state index contributed by atoms with van der Waals surface area (Å²) in [7, 11) is 0. The normalized spacial score (nSPS) is 19.0. The minimum atomic E-state index is -0.471.